The maximum atomic E-state index is 12.6. The molecule has 0 aliphatic heterocycles. The molecular weight excluding hydrogens is 424 g/mol. The molecule has 0 unspecified atom stereocenters. The summed E-state index contributed by atoms with van der Waals surface area (Å²) in [6, 6.07) is 14.6. The van der Waals surface area contributed by atoms with Crippen molar-refractivity contribution in [1.29, 1.82) is 0 Å². The van der Waals surface area contributed by atoms with E-state index in [-0.39, 0.29) is 16.2 Å². The maximum absolute atomic E-state index is 12.6. The molecule has 1 atom stereocenters. The molecule has 0 bridgehead atoms. The van der Waals surface area contributed by atoms with Crippen LogP contribution in [0.4, 0.5) is 5.69 Å². The fraction of sp³-hybridized carbons (Fsp3) is 0.190. The van der Waals surface area contributed by atoms with Gasteiger partial charge in [-0.25, -0.2) is 8.42 Å². The fourth-order valence-corrected chi connectivity index (χ4v) is 4.85. The van der Waals surface area contributed by atoms with Gasteiger partial charge in [0.05, 0.1) is 20.3 Å². The van der Waals surface area contributed by atoms with E-state index in [4.69, 9.17) is 9.47 Å². The Kier molecular flexibility index (Phi) is 6.63. The average Bonchev–Trinajstić information content (AvgIpc) is 3.29. The van der Waals surface area contributed by atoms with Crippen molar-refractivity contribution in [2.75, 3.05) is 18.9 Å². The Morgan fingerprint density at radius 2 is 1.70 bits per heavy atom. The number of thiophene rings is 1. The highest BCUT2D eigenvalue weighted by Crippen LogP contribution is 2.30. The van der Waals surface area contributed by atoms with Crippen LogP contribution in [0.2, 0.25) is 0 Å². The third-order valence-electron chi connectivity index (χ3n) is 4.41. The van der Waals surface area contributed by atoms with Crippen LogP contribution in [0.5, 0.6) is 11.5 Å². The maximum Gasteiger partial charge on any atom is 0.271 e. The number of hydrogen-bond donors (Lipinski definition) is 2. The molecule has 1 aromatic heterocycles. The quantitative estimate of drug-likeness (QED) is 0.544. The SMILES string of the molecule is COc1ccc([C@@H](C)NC(=O)c2ccc(NS(=O)(=O)c3cccs3)cc2)cc1OC. The summed E-state index contributed by atoms with van der Waals surface area (Å²) in [4.78, 5) is 12.6. The molecule has 2 N–H and O–H groups in total. The van der Waals surface area contributed by atoms with Gasteiger partial charge in [-0.1, -0.05) is 12.1 Å². The van der Waals surface area contributed by atoms with Crippen molar-refractivity contribution in [3.8, 4) is 11.5 Å². The summed E-state index contributed by atoms with van der Waals surface area (Å²) < 4.78 is 37.8. The molecule has 2 aromatic carbocycles. The third kappa shape index (κ3) is 4.92. The predicted molar refractivity (Wildman–Crippen MR) is 117 cm³/mol. The highest BCUT2D eigenvalue weighted by molar-refractivity contribution is 7.94. The first-order valence-corrected chi connectivity index (χ1v) is 11.4. The number of methoxy groups -OCH3 is 2. The largest absolute Gasteiger partial charge is 0.493 e. The van der Waals surface area contributed by atoms with Gasteiger partial charge in [0, 0.05) is 11.3 Å². The summed E-state index contributed by atoms with van der Waals surface area (Å²) in [6.45, 7) is 1.86. The molecule has 1 heterocycles. The van der Waals surface area contributed by atoms with E-state index in [9.17, 15) is 13.2 Å². The van der Waals surface area contributed by atoms with Gasteiger partial charge >= 0.3 is 0 Å². The first-order chi connectivity index (χ1) is 14.3. The minimum atomic E-state index is -3.62. The highest BCUT2D eigenvalue weighted by Gasteiger charge is 2.17. The van der Waals surface area contributed by atoms with E-state index in [1.165, 1.54) is 6.07 Å². The lowest BCUT2D eigenvalue weighted by atomic mass is 10.1. The first-order valence-electron chi connectivity index (χ1n) is 9.03. The lowest BCUT2D eigenvalue weighted by Crippen LogP contribution is -2.26. The molecular formula is C21H22N2O5S2. The molecule has 9 heteroatoms. The number of rotatable bonds is 8. The van der Waals surface area contributed by atoms with Crippen LogP contribution in [0.1, 0.15) is 28.9 Å². The summed E-state index contributed by atoms with van der Waals surface area (Å²) in [5, 5.41) is 4.62. The Hall–Kier alpha value is -3.04. The zero-order chi connectivity index (χ0) is 21.7. The summed E-state index contributed by atoms with van der Waals surface area (Å²) in [7, 11) is -0.508. The molecule has 0 fully saturated rings. The van der Waals surface area contributed by atoms with Crippen molar-refractivity contribution in [2.45, 2.75) is 17.2 Å². The molecule has 1 amide bonds. The second-order valence-electron chi connectivity index (χ2n) is 6.42. The van der Waals surface area contributed by atoms with Gasteiger partial charge in [-0.3, -0.25) is 9.52 Å². The second kappa shape index (κ2) is 9.19. The number of carbonyl (C=O) groups excluding carboxylic acids is 1. The molecule has 3 aromatic rings. The number of hydrogen-bond acceptors (Lipinski definition) is 6. The van der Waals surface area contributed by atoms with E-state index in [0.717, 1.165) is 16.9 Å². The van der Waals surface area contributed by atoms with E-state index >= 15 is 0 Å². The Balaban J connectivity index is 1.67. The first kappa shape index (κ1) is 21.7. The zero-order valence-electron chi connectivity index (χ0n) is 16.7. The number of anilines is 1. The zero-order valence-corrected chi connectivity index (χ0v) is 18.3. The van der Waals surface area contributed by atoms with Gasteiger partial charge < -0.3 is 14.8 Å². The minimum absolute atomic E-state index is 0.230. The molecule has 30 heavy (non-hydrogen) atoms. The van der Waals surface area contributed by atoms with Gasteiger partial charge in [0.25, 0.3) is 15.9 Å². The molecule has 7 nitrogen and oxygen atoms in total. The molecule has 0 radical (unpaired) electrons. The lowest BCUT2D eigenvalue weighted by molar-refractivity contribution is 0.0940. The summed E-state index contributed by atoms with van der Waals surface area (Å²) in [6.07, 6.45) is 0. The molecule has 0 saturated carbocycles. The number of benzene rings is 2. The van der Waals surface area contributed by atoms with Crippen LogP contribution in [-0.2, 0) is 10.0 Å². The van der Waals surface area contributed by atoms with Gasteiger partial charge in [0.2, 0.25) is 0 Å². The van der Waals surface area contributed by atoms with Crippen LogP contribution < -0.4 is 19.5 Å². The number of sulfonamides is 1. The van der Waals surface area contributed by atoms with E-state index in [1.54, 1.807) is 56.0 Å². The van der Waals surface area contributed by atoms with Crippen molar-refractivity contribution < 1.29 is 22.7 Å². The van der Waals surface area contributed by atoms with E-state index in [2.05, 4.69) is 10.0 Å². The van der Waals surface area contributed by atoms with E-state index < -0.39 is 10.0 Å². The van der Waals surface area contributed by atoms with Crippen LogP contribution >= 0.6 is 11.3 Å². The molecule has 0 spiro atoms. The van der Waals surface area contributed by atoms with Gasteiger partial charge in [0.1, 0.15) is 4.21 Å². The predicted octanol–water partition coefficient (Wildman–Crippen LogP) is 4.06. The van der Waals surface area contributed by atoms with Crippen molar-refractivity contribution in [2.24, 2.45) is 0 Å². The van der Waals surface area contributed by atoms with Crippen LogP contribution in [0, 0.1) is 0 Å². The van der Waals surface area contributed by atoms with Crippen molar-refractivity contribution >= 4 is 33.0 Å². The van der Waals surface area contributed by atoms with E-state index in [1.807, 2.05) is 19.1 Å². The van der Waals surface area contributed by atoms with Crippen molar-refractivity contribution in [3.05, 3.63) is 71.1 Å². The monoisotopic (exact) mass is 446 g/mol. The van der Waals surface area contributed by atoms with Gasteiger partial charge in [-0.05, 0) is 60.3 Å². The molecule has 0 aliphatic carbocycles. The lowest BCUT2D eigenvalue weighted by Gasteiger charge is -2.17. The summed E-state index contributed by atoms with van der Waals surface area (Å²) >= 11 is 1.14. The minimum Gasteiger partial charge on any atom is -0.493 e. The Morgan fingerprint density at radius 1 is 1.00 bits per heavy atom. The smallest absolute Gasteiger partial charge is 0.271 e. The number of ether oxygens (including phenoxy) is 2. The van der Waals surface area contributed by atoms with E-state index in [0.29, 0.717) is 22.7 Å². The number of carbonyl (C=O) groups is 1. The molecule has 0 saturated heterocycles. The van der Waals surface area contributed by atoms with Crippen molar-refractivity contribution in [3.63, 3.8) is 0 Å². The number of nitrogens with one attached hydrogen (secondary N) is 2. The second-order valence-corrected chi connectivity index (χ2v) is 9.28. The standard InChI is InChI=1S/C21H22N2O5S2/c1-14(16-8-11-18(27-2)19(13-16)28-3)22-21(24)15-6-9-17(10-7-15)23-30(25,26)20-5-4-12-29-20/h4-14,23H,1-3H3,(H,22,24)/t14-/m1/s1. The highest BCUT2D eigenvalue weighted by atomic mass is 32.2. The molecule has 3 rings (SSSR count). The fourth-order valence-electron chi connectivity index (χ4n) is 2.80. The number of amides is 1. The van der Waals surface area contributed by atoms with Gasteiger partial charge in [0.15, 0.2) is 11.5 Å². The summed E-state index contributed by atoms with van der Waals surface area (Å²) in [5.74, 6) is 0.920. The van der Waals surface area contributed by atoms with Crippen LogP contribution in [0.15, 0.2) is 64.2 Å². The van der Waals surface area contributed by atoms with Crippen LogP contribution in [0.25, 0.3) is 0 Å². The Bertz CT molecular complexity index is 1110. The third-order valence-corrected chi connectivity index (χ3v) is 7.19. The van der Waals surface area contributed by atoms with Crippen molar-refractivity contribution in [1.82, 2.24) is 5.32 Å². The Labute approximate surface area is 179 Å². The normalized spacial score (nSPS) is 12.1. The Morgan fingerprint density at radius 3 is 2.30 bits per heavy atom. The summed E-state index contributed by atoms with van der Waals surface area (Å²) in [5.41, 5.74) is 1.66. The van der Waals surface area contributed by atoms with Gasteiger partial charge in [-0.2, -0.15) is 0 Å². The topological polar surface area (TPSA) is 93.7 Å². The van der Waals surface area contributed by atoms with Gasteiger partial charge in [-0.15, -0.1) is 11.3 Å². The molecule has 158 valence electrons. The van der Waals surface area contributed by atoms with Crippen LogP contribution in [0.3, 0.4) is 0 Å². The average molecular weight is 447 g/mol. The van der Waals surface area contributed by atoms with Crippen LogP contribution in [-0.4, -0.2) is 28.5 Å². The molecule has 0 aliphatic rings.